The van der Waals surface area contributed by atoms with Gasteiger partial charge in [-0.2, -0.15) is 0 Å². The summed E-state index contributed by atoms with van der Waals surface area (Å²) in [5.74, 6) is 1.32. The van der Waals surface area contributed by atoms with Crippen molar-refractivity contribution in [2.75, 3.05) is 0 Å². The first-order valence-corrected chi connectivity index (χ1v) is 9.57. The fraction of sp³-hybridized carbons (Fsp3) is 0.0417. The topological polar surface area (TPSA) is 51.3 Å². The molecule has 0 saturated heterocycles. The molecule has 0 atom stereocenters. The van der Waals surface area contributed by atoms with E-state index in [1.165, 1.54) is 0 Å². The molecule has 5 rings (SSSR count). The Balaban J connectivity index is 1.37. The molecule has 29 heavy (non-hydrogen) atoms. The molecular weight excluding hydrogens is 386 g/mol. The summed E-state index contributed by atoms with van der Waals surface area (Å²) in [6, 6.07) is 20.7. The second kappa shape index (κ2) is 7.15. The Hall–Kier alpha value is -3.50. The average Bonchev–Trinajstić information content (AvgIpc) is 3.29. The lowest BCUT2D eigenvalue weighted by Gasteiger charge is -2.07. The number of hydrogen-bond donors (Lipinski definition) is 1. The van der Waals surface area contributed by atoms with Crippen LogP contribution in [0.25, 0.3) is 17.0 Å². The number of ketones is 1. The molecule has 0 unspecified atom stereocenters. The Morgan fingerprint density at radius 3 is 2.72 bits per heavy atom. The van der Waals surface area contributed by atoms with Gasteiger partial charge in [0.1, 0.15) is 18.1 Å². The molecule has 1 aliphatic rings. The summed E-state index contributed by atoms with van der Waals surface area (Å²) < 4.78 is 11.7. The molecule has 1 aromatic heterocycles. The summed E-state index contributed by atoms with van der Waals surface area (Å²) in [5, 5.41) is 1.73. The van der Waals surface area contributed by atoms with Crippen LogP contribution in [0.1, 0.15) is 21.5 Å². The van der Waals surface area contributed by atoms with E-state index in [1.54, 1.807) is 24.3 Å². The van der Waals surface area contributed by atoms with Gasteiger partial charge in [0.2, 0.25) is 5.78 Å². The molecule has 5 heteroatoms. The fourth-order valence-corrected chi connectivity index (χ4v) is 3.48. The number of hydrogen-bond acceptors (Lipinski definition) is 3. The molecule has 0 fully saturated rings. The van der Waals surface area contributed by atoms with Crippen LogP contribution in [-0.4, -0.2) is 10.8 Å². The number of aromatic nitrogens is 1. The van der Waals surface area contributed by atoms with E-state index in [1.807, 2.05) is 54.7 Å². The monoisotopic (exact) mass is 401 g/mol. The van der Waals surface area contributed by atoms with Crippen molar-refractivity contribution in [3.05, 3.63) is 100 Å². The molecule has 0 amide bonds. The molecule has 142 valence electrons. The van der Waals surface area contributed by atoms with E-state index in [2.05, 4.69) is 4.98 Å². The van der Waals surface area contributed by atoms with Crippen LogP contribution in [0.2, 0.25) is 5.02 Å². The van der Waals surface area contributed by atoms with E-state index in [9.17, 15) is 4.79 Å². The molecule has 0 radical (unpaired) electrons. The summed E-state index contributed by atoms with van der Waals surface area (Å²) in [7, 11) is 0. The minimum absolute atomic E-state index is 0.130. The third-order valence-corrected chi connectivity index (χ3v) is 5.12. The normalized spacial score (nSPS) is 14.2. The highest BCUT2D eigenvalue weighted by molar-refractivity contribution is 6.30. The molecule has 3 aromatic carbocycles. The number of para-hydroxylation sites is 1. The Bertz CT molecular complexity index is 1250. The first-order chi connectivity index (χ1) is 14.2. The van der Waals surface area contributed by atoms with Crippen LogP contribution in [0.3, 0.4) is 0 Å². The molecule has 4 aromatic rings. The van der Waals surface area contributed by atoms with Crippen LogP contribution in [0, 0.1) is 0 Å². The van der Waals surface area contributed by atoms with Crippen LogP contribution in [-0.2, 0) is 6.61 Å². The number of H-pyrrole nitrogens is 1. The third kappa shape index (κ3) is 3.39. The smallest absolute Gasteiger partial charge is 0.231 e. The van der Waals surface area contributed by atoms with Crippen molar-refractivity contribution < 1.29 is 14.3 Å². The Morgan fingerprint density at radius 1 is 1.03 bits per heavy atom. The van der Waals surface area contributed by atoms with E-state index in [0.29, 0.717) is 34.5 Å². The van der Waals surface area contributed by atoms with Gasteiger partial charge in [0.15, 0.2) is 5.76 Å². The lowest BCUT2D eigenvalue weighted by Crippen LogP contribution is -1.97. The molecule has 0 saturated carbocycles. The lowest BCUT2D eigenvalue weighted by atomic mass is 10.1. The van der Waals surface area contributed by atoms with Crippen molar-refractivity contribution >= 4 is 34.4 Å². The number of aromatic amines is 1. The zero-order valence-corrected chi connectivity index (χ0v) is 16.1. The predicted molar refractivity (Wildman–Crippen MR) is 113 cm³/mol. The number of fused-ring (bicyclic) bond motifs is 2. The number of Topliss-reactive ketones (excluding diaryl/α,β-unsaturated/α-hetero) is 1. The maximum atomic E-state index is 12.7. The second-order valence-electron chi connectivity index (χ2n) is 6.80. The summed E-state index contributed by atoms with van der Waals surface area (Å²) in [4.78, 5) is 15.9. The molecule has 2 heterocycles. The Morgan fingerprint density at radius 2 is 1.86 bits per heavy atom. The number of rotatable bonds is 4. The molecule has 1 aliphatic heterocycles. The van der Waals surface area contributed by atoms with Gasteiger partial charge in [-0.3, -0.25) is 4.79 Å². The summed E-state index contributed by atoms with van der Waals surface area (Å²) >= 11 is 5.91. The summed E-state index contributed by atoms with van der Waals surface area (Å²) in [6.45, 7) is 0.405. The van der Waals surface area contributed by atoms with Crippen molar-refractivity contribution in [2.45, 2.75) is 6.61 Å². The highest BCUT2D eigenvalue weighted by Gasteiger charge is 2.28. The van der Waals surface area contributed by atoms with Crippen molar-refractivity contribution in [3.63, 3.8) is 0 Å². The van der Waals surface area contributed by atoms with Crippen molar-refractivity contribution in [2.24, 2.45) is 0 Å². The molecule has 4 nitrogen and oxygen atoms in total. The van der Waals surface area contributed by atoms with Crippen molar-refractivity contribution in [1.82, 2.24) is 4.98 Å². The van der Waals surface area contributed by atoms with Crippen LogP contribution in [0.15, 0.2) is 78.7 Å². The first kappa shape index (κ1) is 17.6. The van der Waals surface area contributed by atoms with Gasteiger partial charge in [-0.15, -0.1) is 0 Å². The van der Waals surface area contributed by atoms with Gasteiger partial charge in [-0.25, -0.2) is 0 Å². The van der Waals surface area contributed by atoms with E-state index >= 15 is 0 Å². The molecule has 0 aliphatic carbocycles. The Kier molecular flexibility index (Phi) is 4.34. The average molecular weight is 402 g/mol. The van der Waals surface area contributed by atoms with Gasteiger partial charge >= 0.3 is 0 Å². The van der Waals surface area contributed by atoms with Crippen molar-refractivity contribution in [3.8, 4) is 11.5 Å². The van der Waals surface area contributed by atoms with E-state index in [-0.39, 0.29) is 5.78 Å². The molecule has 0 bridgehead atoms. The highest BCUT2D eigenvalue weighted by Crippen LogP contribution is 2.35. The van der Waals surface area contributed by atoms with Crippen LogP contribution >= 0.6 is 11.6 Å². The minimum Gasteiger partial charge on any atom is -0.489 e. The lowest BCUT2D eigenvalue weighted by molar-refractivity contribution is 0.101. The first-order valence-electron chi connectivity index (χ1n) is 9.19. The SMILES string of the molecule is O=C1/C(=C/c2c[nH]c3ccccc23)Oc2cc(OCc3ccc(Cl)cc3)ccc21. The zero-order chi connectivity index (χ0) is 19.8. The van der Waals surface area contributed by atoms with Gasteiger partial charge in [-0.1, -0.05) is 41.9 Å². The number of nitrogens with one attached hydrogen (secondary N) is 1. The van der Waals surface area contributed by atoms with E-state index in [0.717, 1.165) is 22.0 Å². The molecule has 1 N–H and O–H groups in total. The number of benzene rings is 3. The molecular formula is C24H16ClNO3. The number of halogens is 1. The summed E-state index contributed by atoms with van der Waals surface area (Å²) in [5.41, 5.74) is 3.47. The standard InChI is InChI=1S/C24H16ClNO3/c25-17-7-5-15(6-8-17)14-28-18-9-10-20-22(12-18)29-23(24(20)27)11-16-13-26-21-4-2-1-3-19(16)21/h1-13,26H,14H2/b23-11-. The molecule has 0 spiro atoms. The van der Waals surface area contributed by atoms with Crippen LogP contribution in [0.4, 0.5) is 0 Å². The van der Waals surface area contributed by atoms with E-state index < -0.39 is 0 Å². The van der Waals surface area contributed by atoms with Crippen LogP contribution < -0.4 is 9.47 Å². The second-order valence-corrected chi connectivity index (χ2v) is 7.24. The highest BCUT2D eigenvalue weighted by atomic mass is 35.5. The number of carbonyl (C=O) groups is 1. The quantitative estimate of drug-likeness (QED) is 0.425. The maximum absolute atomic E-state index is 12.7. The third-order valence-electron chi connectivity index (χ3n) is 4.87. The Labute approximate surface area is 172 Å². The maximum Gasteiger partial charge on any atom is 0.231 e. The van der Waals surface area contributed by atoms with Gasteiger partial charge in [0, 0.05) is 33.8 Å². The zero-order valence-electron chi connectivity index (χ0n) is 15.3. The number of allylic oxidation sites excluding steroid dienone is 1. The van der Waals surface area contributed by atoms with Gasteiger partial charge < -0.3 is 14.5 Å². The predicted octanol–water partition coefficient (Wildman–Crippen LogP) is 6.02. The van der Waals surface area contributed by atoms with Gasteiger partial charge in [0.05, 0.1) is 5.56 Å². The summed E-state index contributed by atoms with van der Waals surface area (Å²) in [6.07, 6.45) is 3.65. The van der Waals surface area contributed by atoms with E-state index in [4.69, 9.17) is 21.1 Å². The van der Waals surface area contributed by atoms with Crippen molar-refractivity contribution in [1.29, 1.82) is 0 Å². The number of ether oxygens (including phenoxy) is 2. The van der Waals surface area contributed by atoms with Gasteiger partial charge in [0.25, 0.3) is 0 Å². The van der Waals surface area contributed by atoms with Gasteiger partial charge in [-0.05, 0) is 42.0 Å². The number of carbonyl (C=O) groups excluding carboxylic acids is 1. The minimum atomic E-state index is -0.130. The largest absolute Gasteiger partial charge is 0.489 e. The fourth-order valence-electron chi connectivity index (χ4n) is 3.36. The van der Waals surface area contributed by atoms with Crippen LogP contribution in [0.5, 0.6) is 11.5 Å².